The van der Waals surface area contributed by atoms with Crippen LogP contribution in [0.2, 0.25) is 5.02 Å². The topological polar surface area (TPSA) is 17.1 Å². The SMILES string of the molecule is O=C(Cc1cc(F)ccc1Cl)c1csc(Br)c1. The number of ketones is 1. The predicted octanol–water partition coefficient (Wildman–Crippen LogP) is 4.73. The van der Waals surface area contributed by atoms with Gasteiger partial charge in [0.25, 0.3) is 0 Å². The van der Waals surface area contributed by atoms with Gasteiger partial charge in [-0.25, -0.2) is 4.39 Å². The minimum Gasteiger partial charge on any atom is -0.294 e. The molecular formula is C12H7BrClFOS. The van der Waals surface area contributed by atoms with Gasteiger partial charge in [0.1, 0.15) is 5.82 Å². The molecule has 88 valence electrons. The summed E-state index contributed by atoms with van der Waals surface area (Å²) < 4.78 is 13.9. The first kappa shape index (κ1) is 12.7. The highest BCUT2D eigenvalue weighted by molar-refractivity contribution is 9.11. The van der Waals surface area contributed by atoms with Crippen LogP contribution in [0.15, 0.2) is 33.4 Å². The quantitative estimate of drug-likeness (QED) is 0.742. The van der Waals surface area contributed by atoms with Crippen LogP contribution in [0, 0.1) is 5.82 Å². The Kier molecular flexibility index (Phi) is 3.97. The normalized spacial score (nSPS) is 10.5. The molecule has 1 heterocycles. The Morgan fingerprint density at radius 3 is 2.82 bits per heavy atom. The van der Waals surface area contributed by atoms with E-state index in [4.69, 9.17) is 11.6 Å². The van der Waals surface area contributed by atoms with Crippen LogP contribution < -0.4 is 0 Å². The first-order valence-corrected chi connectivity index (χ1v) is 6.82. The molecule has 2 aromatic rings. The maximum absolute atomic E-state index is 13.0. The highest BCUT2D eigenvalue weighted by Crippen LogP contribution is 2.23. The van der Waals surface area contributed by atoms with Gasteiger partial charge >= 0.3 is 0 Å². The minimum absolute atomic E-state index is 0.0700. The van der Waals surface area contributed by atoms with Crippen LogP contribution in [0.25, 0.3) is 0 Å². The number of thiophene rings is 1. The zero-order chi connectivity index (χ0) is 12.4. The summed E-state index contributed by atoms with van der Waals surface area (Å²) in [6, 6.07) is 5.78. The van der Waals surface area contributed by atoms with Crippen molar-refractivity contribution in [3.8, 4) is 0 Å². The zero-order valence-corrected chi connectivity index (χ0v) is 11.7. The van der Waals surface area contributed by atoms with Crippen molar-refractivity contribution in [2.24, 2.45) is 0 Å². The van der Waals surface area contributed by atoms with Crippen LogP contribution >= 0.6 is 38.9 Å². The second-order valence-electron chi connectivity index (χ2n) is 3.48. The van der Waals surface area contributed by atoms with Gasteiger partial charge in [-0.15, -0.1) is 11.3 Å². The molecular weight excluding hydrogens is 327 g/mol. The lowest BCUT2D eigenvalue weighted by atomic mass is 10.1. The molecule has 0 atom stereocenters. The smallest absolute Gasteiger partial charge is 0.168 e. The van der Waals surface area contributed by atoms with Crippen LogP contribution in [0.1, 0.15) is 15.9 Å². The van der Waals surface area contributed by atoms with E-state index in [-0.39, 0.29) is 18.0 Å². The summed E-state index contributed by atoms with van der Waals surface area (Å²) >= 11 is 10.6. The fourth-order valence-corrected chi connectivity index (χ4v) is 2.76. The molecule has 0 aliphatic carbocycles. The average molecular weight is 334 g/mol. The van der Waals surface area contributed by atoms with Crippen LogP contribution in [0.3, 0.4) is 0 Å². The zero-order valence-electron chi connectivity index (χ0n) is 8.54. The molecule has 0 aliphatic heterocycles. The van der Waals surface area contributed by atoms with Crippen molar-refractivity contribution in [1.29, 1.82) is 0 Å². The number of carbonyl (C=O) groups excluding carboxylic acids is 1. The molecule has 0 bridgehead atoms. The van der Waals surface area contributed by atoms with E-state index in [0.717, 1.165) is 3.79 Å². The Morgan fingerprint density at radius 2 is 2.18 bits per heavy atom. The van der Waals surface area contributed by atoms with Crippen LogP contribution in [0.5, 0.6) is 0 Å². The second-order valence-corrected chi connectivity index (χ2v) is 6.17. The van der Waals surface area contributed by atoms with Crippen LogP contribution in [0.4, 0.5) is 4.39 Å². The molecule has 0 saturated carbocycles. The van der Waals surface area contributed by atoms with Gasteiger partial charge in [-0.2, -0.15) is 0 Å². The van der Waals surface area contributed by atoms with E-state index >= 15 is 0 Å². The monoisotopic (exact) mass is 332 g/mol. The maximum atomic E-state index is 13.0. The molecule has 0 saturated heterocycles. The summed E-state index contributed by atoms with van der Waals surface area (Å²) in [5.74, 6) is -0.455. The van der Waals surface area contributed by atoms with Crippen LogP contribution in [-0.4, -0.2) is 5.78 Å². The summed E-state index contributed by atoms with van der Waals surface area (Å²) in [5.41, 5.74) is 1.13. The van der Waals surface area contributed by atoms with Crippen molar-refractivity contribution in [3.05, 3.63) is 55.4 Å². The molecule has 17 heavy (non-hydrogen) atoms. The fraction of sp³-hybridized carbons (Fsp3) is 0.0833. The molecule has 0 radical (unpaired) electrons. The summed E-state index contributed by atoms with van der Waals surface area (Å²) in [6.07, 6.45) is 0.111. The molecule has 2 rings (SSSR count). The van der Waals surface area contributed by atoms with Gasteiger partial charge in [-0.3, -0.25) is 4.79 Å². The lowest BCUT2D eigenvalue weighted by molar-refractivity contribution is 0.0993. The fourth-order valence-electron chi connectivity index (χ4n) is 1.41. The van der Waals surface area contributed by atoms with Gasteiger partial charge < -0.3 is 0 Å². The van der Waals surface area contributed by atoms with Crippen molar-refractivity contribution in [1.82, 2.24) is 0 Å². The predicted molar refractivity (Wildman–Crippen MR) is 71.5 cm³/mol. The van der Waals surface area contributed by atoms with Gasteiger partial charge in [0.05, 0.1) is 3.79 Å². The Labute approximate surface area is 115 Å². The van der Waals surface area contributed by atoms with Crippen molar-refractivity contribution in [3.63, 3.8) is 0 Å². The number of hydrogen-bond acceptors (Lipinski definition) is 2. The Hall–Kier alpha value is -0.710. The first-order valence-electron chi connectivity index (χ1n) is 4.77. The minimum atomic E-state index is -0.385. The van der Waals surface area contributed by atoms with E-state index < -0.39 is 0 Å². The molecule has 0 unspecified atom stereocenters. The number of Topliss-reactive ketones (excluding diaryl/α,β-unsaturated/α-hetero) is 1. The van der Waals surface area contributed by atoms with Gasteiger partial charge in [0.15, 0.2) is 5.78 Å². The van der Waals surface area contributed by atoms with Gasteiger partial charge in [-0.05, 0) is 45.8 Å². The third-order valence-electron chi connectivity index (χ3n) is 2.25. The van der Waals surface area contributed by atoms with Crippen molar-refractivity contribution < 1.29 is 9.18 Å². The van der Waals surface area contributed by atoms with Crippen molar-refractivity contribution >= 4 is 44.7 Å². The molecule has 0 amide bonds. The number of carbonyl (C=O) groups is 1. The van der Waals surface area contributed by atoms with E-state index in [1.165, 1.54) is 29.5 Å². The van der Waals surface area contributed by atoms with E-state index in [2.05, 4.69) is 15.9 Å². The maximum Gasteiger partial charge on any atom is 0.168 e. The lowest BCUT2D eigenvalue weighted by Crippen LogP contribution is -2.02. The highest BCUT2D eigenvalue weighted by atomic mass is 79.9. The van der Waals surface area contributed by atoms with E-state index in [1.54, 1.807) is 11.4 Å². The Morgan fingerprint density at radius 1 is 1.41 bits per heavy atom. The Balaban J connectivity index is 2.21. The molecule has 0 spiro atoms. The second kappa shape index (κ2) is 5.29. The summed E-state index contributed by atoms with van der Waals surface area (Å²) in [6.45, 7) is 0. The van der Waals surface area contributed by atoms with E-state index in [9.17, 15) is 9.18 Å². The number of hydrogen-bond donors (Lipinski definition) is 0. The first-order chi connectivity index (χ1) is 8.06. The molecule has 5 heteroatoms. The van der Waals surface area contributed by atoms with Crippen molar-refractivity contribution in [2.75, 3.05) is 0 Å². The van der Waals surface area contributed by atoms with Crippen LogP contribution in [-0.2, 0) is 6.42 Å². The molecule has 0 aliphatic rings. The lowest BCUT2D eigenvalue weighted by Gasteiger charge is -2.02. The van der Waals surface area contributed by atoms with Crippen molar-refractivity contribution in [2.45, 2.75) is 6.42 Å². The molecule has 0 N–H and O–H groups in total. The summed E-state index contributed by atoms with van der Waals surface area (Å²) in [4.78, 5) is 11.9. The molecule has 0 fully saturated rings. The average Bonchev–Trinajstić information content (AvgIpc) is 2.70. The standard InChI is InChI=1S/C12H7BrClFOS/c13-12-5-8(6-17-12)11(16)4-7-3-9(15)1-2-10(7)14/h1-3,5-6H,4H2. The third kappa shape index (κ3) is 3.15. The largest absolute Gasteiger partial charge is 0.294 e. The van der Waals surface area contributed by atoms with E-state index in [1.807, 2.05) is 0 Å². The third-order valence-corrected chi connectivity index (χ3v) is 4.12. The summed E-state index contributed by atoms with van der Waals surface area (Å²) in [7, 11) is 0. The van der Waals surface area contributed by atoms with Gasteiger partial charge in [0, 0.05) is 22.4 Å². The van der Waals surface area contributed by atoms with Gasteiger partial charge in [0.2, 0.25) is 0 Å². The Bertz CT molecular complexity index is 567. The number of halogens is 3. The highest BCUT2D eigenvalue weighted by Gasteiger charge is 2.12. The number of rotatable bonds is 3. The van der Waals surface area contributed by atoms with E-state index in [0.29, 0.717) is 16.1 Å². The number of benzene rings is 1. The van der Waals surface area contributed by atoms with Gasteiger partial charge in [-0.1, -0.05) is 11.6 Å². The molecule has 1 aromatic carbocycles. The summed E-state index contributed by atoms with van der Waals surface area (Å²) in [5, 5.41) is 2.17. The molecule has 1 aromatic heterocycles. The molecule has 1 nitrogen and oxygen atoms in total.